The molecule has 11 heteroatoms. The standard InChI is InChI=1S/C26H20N4O6S/c1-15(2)13-35-25(31)16-3-5-19(6-4-16)28-12-18(11-27)24-29-22(14-37-24)21-10-17-9-20(30(33)34)7-8-23(17)36-26(21)32/h3-10,12,14-15,28H,13H2,1-2H3/b18-12-. The minimum absolute atomic E-state index is 0.126. The number of carbonyl (C=O) groups excluding carboxylic acids is 1. The van der Waals surface area contributed by atoms with E-state index < -0.39 is 16.5 Å². The highest BCUT2D eigenvalue weighted by Gasteiger charge is 2.16. The van der Waals surface area contributed by atoms with Crippen LogP contribution >= 0.6 is 11.3 Å². The molecule has 0 aliphatic carbocycles. The van der Waals surface area contributed by atoms with Crippen molar-refractivity contribution < 1.29 is 18.9 Å². The molecule has 0 amide bonds. The zero-order valence-electron chi connectivity index (χ0n) is 19.8. The number of hydrogen-bond acceptors (Lipinski definition) is 10. The number of ether oxygens (including phenoxy) is 1. The van der Waals surface area contributed by atoms with Crippen LogP contribution in [0.2, 0.25) is 0 Å². The number of nitrogens with one attached hydrogen (secondary N) is 1. The zero-order chi connectivity index (χ0) is 26.5. The normalized spacial score (nSPS) is 11.4. The molecular formula is C26H20N4O6S. The molecule has 4 aromatic rings. The van der Waals surface area contributed by atoms with E-state index in [-0.39, 0.29) is 34.0 Å². The van der Waals surface area contributed by atoms with E-state index in [1.807, 2.05) is 13.8 Å². The highest BCUT2D eigenvalue weighted by atomic mass is 32.1. The first-order valence-corrected chi connectivity index (χ1v) is 12.0. The first kappa shape index (κ1) is 25.3. The van der Waals surface area contributed by atoms with E-state index >= 15 is 0 Å². The summed E-state index contributed by atoms with van der Waals surface area (Å²) in [4.78, 5) is 39.5. The van der Waals surface area contributed by atoms with Gasteiger partial charge in [-0.2, -0.15) is 5.26 Å². The number of aromatic nitrogens is 1. The summed E-state index contributed by atoms with van der Waals surface area (Å²) in [5, 5.41) is 26.1. The average molecular weight is 517 g/mol. The summed E-state index contributed by atoms with van der Waals surface area (Å²) in [6.45, 7) is 4.25. The molecule has 0 aliphatic heterocycles. The quantitative estimate of drug-likeness (QED) is 0.104. The number of nitro benzene ring substituents is 1. The molecule has 0 aliphatic rings. The topological polar surface area (TPSA) is 148 Å². The number of hydrogen-bond donors (Lipinski definition) is 1. The van der Waals surface area contributed by atoms with Crippen molar-refractivity contribution in [3.63, 3.8) is 0 Å². The van der Waals surface area contributed by atoms with Crippen molar-refractivity contribution in [3.05, 3.63) is 91.2 Å². The number of fused-ring (bicyclic) bond motifs is 1. The Morgan fingerprint density at radius 3 is 2.70 bits per heavy atom. The lowest BCUT2D eigenvalue weighted by atomic mass is 10.1. The summed E-state index contributed by atoms with van der Waals surface area (Å²) in [7, 11) is 0. The number of anilines is 1. The summed E-state index contributed by atoms with van der Waals surface area (Å²) in [5.41, 5.74) is 1.13. The van der Waals surface area contributed by atoms with Gasteiger partial charge in [-0.15, -0.1) is 11.3 Å². The maximum absolute atomic E-state index is 12.5. The Morgan fingerprint density at radius 2 is 2.03 bits per heavy atom. The minimum Gasteiger partial charge on any atom is -0.462 e. The fourth-order valence-corrected chi connectivity index (χ4v) is 4.04. The molecule has 2 aromatic carbocycles. The lowest BCUT2D eigenvalue weighted by molar-refractivity contribution is -0.384. The van der Waals surface area contributed by atoms with Crippen LogP contribution in [-0.2, 0) is 4.74 Å². The van der Waals surface area contributed by atoms with Gasteiger partial charge < -0.3 is 14.5 Å². The molecule has 0 unspecified atom stereocenters. The summed E-state index contributed by atoms with van der Waals surface area (Å²) < 4.78 is 10.5. The fraction of sp³-hybridized carbons (Fsp3) is 0.154. The predicted octanol–water partition coefficient (Wildman–Crippen LogP) is 5.61. The van der Waals surface area contributed by atoms with Gasteiger partial charge in [0, 0.05) is 34.8 Å². The van der Waals surface area contributed by atoms with Gasteiger partial charge in [-0.05, 0) is 42.3 Å². The zero-order valence-corrected chi connectivity index (χ0v) is 20.6. The second-order valence-electron chi connectivity index (χ2n) is 8.35. The molecule has 186 valence electrons. The Labute approximate surface area is 214 Å². The SMILES string of the molecule is CC(C)COC(=O)c1ccc(N/C=C(/C#N)c2nc(-c3cc4cc([N+](=O)[O-])ccc4oc3=O)cs2)cc1. The Morgan fingerprint density at radius 1 is 1.27 bits per heavy atom. The summed E-state index contributed by atoms with van der Waals surface area (Å²) >= 11 is 1.16. The van der Waals surface area contributed by atoms with Crippen LogP contribution in [0.3, 0.4) is 0 Å². The van der Waals surface area contributed by atoms with Crippen LogP contribution < -0.4 is 10.9 Å². The molecule has 0 saturated heterocycles. The molecule has 10 nitrogen and oxygen atoms in total. The predicted molar refractivity (Wildman–Crippen MR) is 139 cm³/mol. The van der Waals surface area contributed by atoms with E-state index in [9.17, 15) is 25.0 Å². The number of carbonyl (C=O) groups is 1. The molecule has 0 saturated carbocycles. The Hall–Kier alpha value is -4.82. The monoisotopic (exact) mass is 516 g/mol. The molecule has 37 heavy (non-hydrogen) atoms. The molecule has 2 aromatic heterocycles. The fourth-order valence-electron chi connectivity index (χ4n) is 3.25. The third kappa shape index (κ3) is 5.88. The van der Waals surface area contributed by atoms with Gasteiger partial charge >= 0.3 is 11.6 Å². The second kappa shape index (κ2) is 10.8. The highest BCUT2D eigenvalue weighted by Crippen LogP contribution is 2.28. The molecule has 0 spiro atoms. The third-order valence-electron chi connectivity index (χ3n) is 5.11. The van der Waals surface area contributed by atoms with Crippen LogP contribution in [0.1, 0.15) is 29.2 Å². The average Bonchev–Trinajstić information content (AvgIpc) is 3.37. The van der Waals surface area contributed by atoms with Crippen LogP contribution in [0.5, 0.6) is 0 Å². The molecule has 1 N–H and O–H groups in total. The van der Waals surface area contributed by atoms with E-state index in [2.05, 4.69) is 16.4 Å². The Balaban J connectivity index is 1.53. The van der Waals surface area contributed by atoms with E-state index in [0.29, 0.717) is 28.3 Å². The van der Waals surface area contributed by atoms with Gasteiger partial charge in [0.25, 0.3) is 5.69 Å². The van der Waals surface area contributed by atoms with Gasteiger partial charge in [0.1, 0.15) is 22.2 Å². The Kier molecular flexibility index (Phi) is 7.41. The number of rotatable bonds is 8. The number of thiazole rings is 1. The van der Waals surface area contributed by atoms with Gasteiger partial charge in [0.2, 0.25) is 0 Å². The largest absolute Gasteiger partial charge is 0.462 e. The van der Waals surface area contributed by atoms with Crippen LogP contribution in [0.15, 0.2) is 69.3 Å². The van der Waals surface area contributed by atoms with Crippen LogP contribution in [0.25, 0.3) is 27.8 Å². The lowest BCUT2D eigenvalue weighted by Crippen LogP contribution is -2.10. The summed E-state index contributed by atoms with van der Waals surface area (Å²) in [6.07, 6.45) is 1.47. The third-order valence-corrected chi connectivity index (χ3v) is 5.98. The Bertz CT molecular complexity index is 1610. The van der Waals surface area contributed by atoms with Crippen LogP contribution in [0, 0.1) is 27.4 Å². The summed E-state index contributed by atoms with van der Waals surface area (Å²) in [6, 6.07) is 14.1. The molecule has 0 atom stereocenters. The van der Waals surface area contributed by atoms with Crippen molar-refractivity contribution in [2.24, 2.45) is 5.92 Å². The van der Waals surface area contributed by atoms with Crippen molar-refractivity contribution >= 4 is 45.2 Å². The van der Waals surface area contributed by atoms with Crippen molar-refractivity contribution in [2.45, 2.75) is 13.8 Å². The maximum Gasteiger partial charge on any atom is 0.345 e. The number of nitro groups is 1. The van der Waals surface area contributed by atoms with Gasteiger partial charge in [-0.25, -0.2) is 14.6 Å². The molecule has 0 fully saturated rings. The summed E-state index contributed by atoms with van der Waals surface area (Å²) in [5.74, 6) is -0.167. The lowest BCUT2D eigenvalue weighted by Gasteiger charge is -2.07. The van der Waals surface area contributed by atoms with Crippen molar-refractivity contribution in [2.75, 3.05) is 11.9 Å². The van der Waals surface area contributed by atoms with E-state index in [1.54, 1.807) is 29.6 Å². The molecule has 2 heterocycles. The number of non-ortho nitro benzene ring substituents is 1. The molecular weight excluding hydrogens is 496 g/mol. The number of nitrogens with zero attached hydrogens (tertiary/aromatic N) is 3. The van der Waals surface area contributed by atoms with E-state index in [0.717, 1.165) is 11.3 Å². The number of nitriles is 1. The number of esters is 1. The van der Waals surface area contributed by atoms with Gasteiger partial charge in [-0.3, -0.25) is 10.1 Å². The van der Waals surface area contributed by atoms with Gasteiger partial charge in [0.05, 0.1) is 28.4 Å². The number of benzene rings is 2. The van der Waals surface area contributed by atoms with E-state index in [1.165, 1.54) is 30.5 Å². The van der Waals surface area contributed by atoms with Crippen LogP contribution in [-0.4, -0.2) is 22.5 Å². The van der Waals surface area contributed by atoms with Crippen LogP contribution in [0.4, 0.5) is 11.4 Å². The van der Waals surface area contributed by atoms with Gasteiger partial charge in [-0.1, -0.05) is 13.8 Å². The second-order valence-corrected chi connectivity index (χ2v) is 9.21. The van der Waals surface area contributed by atoms with E-state index in [4.69, 9.17) is 9.15 Å². The highest BCUT2D eigenvalue weighted by molar-refractivity contribution is 7.11. The smallest absolute Gasteiger partial charge is 0.345 e. The molecule has 0 bridgehead atoms. The molecule has 0 radical (unpaired) electrons. The van der Waals surface area contributed by atoms with Crippen molar-refractivity contribution in [3.8, 4) is 17.3 Å². The minimum atomic E-state index is -0.647. The molecule has 4 rings (SSSR count). The van der Waals surface area contributed by atoms with Crippen molar-refractivity contribution in [1.29, 1.82) is 5.26 Å². The first-order valence-electron chi connectivity index (χ1n) is 11.1. The first-order chi connectivity index (χ1) is 17.7. The maximum atomic E-state index is 12.5. The van der Waals surface area contributed by atoms with Gasteiger partial charge in [0.15, 0.2) is 0 Å². The number of allylic oxidation sites excluding steroid dienone is 1. The van der Waals surface area contributed by atoms with Crippen molar-refractivity contribution in [1.82, 2.24) is 4.98 Å².